The molecule has 2 amide bonds. The molecule has 1 heterocycles. The van der Waals surface area contributed by atoms with Crippen LogP contribution >= 0.6 is 0 Å². The molecular weight excluding hydrogens is 340 g/mol. The molecule has 0 radical (unpaired) electrons. The van der Waals surface area contributed by atoms with Crippen molar-refractivity contribution in [2.45, 2.75) is 12.8 Å². The highest BCUT2D eigenvalue weighted by atomic mass is 16.6. The summed E-state index contributed by atoms with van der Waals surface area (Å²) in [7, 11) is 1.32. The molecule has 3 rings (SSSR count). The Morgan fingerprint density at radius 2 is 2.08 bits per heavy atom. The van der Waals surface area contributed by atoms with Gasteiger partial charge in [0, 0.05) is 11.8 Å². The van der Waals surface area contributed by atoms with E-state index in [4.69, 9.17) is 10.5 Å². The zero-order valence-corrected chi connectivity index (χ0v) is 14.0. The van der Waals surface area contributed by atoms with Crippen molar-refractivity contribution in [3.8, 4) is 5.75 Å². The molecule has 0 fully saturated rings. The molecule has 1 aliphatic rings. The topological polar surface area (TPSA) is 137 Å². The second-order valence-corrected chi connectivity index (χ2v) is 5.83. The van der Waals surface area contributed by atoms with Crippen LogP contribution in [0.15, 0.2) is 30.3 Å². The summed E-state index contributed by atoms with van der Waals surface area (Å²) in [6, 6.07) is 6.92. The average Bonchev–Trinajstić information content (AvgIpc) is 2.88. The third-order valence-corrected chi connectivity index (χ3v) is 4.23. The number of nitro groups is 1. The van der Waals surface area contributed by atoms with E-state index in [0.29, 0.717) is 11.4 Å². The SMILES string of the molecule is COc1cc([N+](=O)[O-])ccc1C(=O)Nc1cc2c(cc1N)NC(=O)[C@@H]2C. The molecule has 4 N–H and O–H groups in total. The van der Waals surface area contributed by atoms with E-state index in [0.717, 1.165) is 5.56 Å². The lowest BCUT2D eigenvalue weighted by Gasteiger charge is -2.13. The van der Waals surface area contributed by atoms with Gasteiger partial charge in [0.2, 0.25) is 5.91 Å². The number of hydrogen-bond acceptors (Lipinski definition) is 6. The maximum absolute atomic E-state index is 12.6. The zero-order valence-electron chi connectivity index (χ0n) is 14.0. The number of non-ortho nitro benzene ring substituents is 1. The second kappa shape index (κ2) is 6.36. The van der Waals surface area contributed by atoms with Gasteiger partial charge in [0.25, 0.3) is 11.6 Å². The molecule has 2 aromatic carbocycles. The summed E-state index contributed by atoms with van der Waals surface area (Å²) in [6.45, 7) is 1.75. The van der Waals surface area contributed by atoms with Crippen LogP contribution in [-0.2, 0) is 4.79 Å². The average molecular weight is 356 g/mol. The number of nitrogens with zero attached hydrogens (tertiary/aromatic N) is 1. The predicted molar refractivity (Wildman–Crippen MR) is 95.5 cm³/mol. The number of fused-ring (bicyclic) bond motifs is 1. The van der Waals surface area contributed by atoms with Crippen LogP contribution in [0.3, 0.4) is 0 Å². The first kappa shape index (κ1) is 17.2. The lowest BCUT2D eigenvalue weighted by Crippen LogP contribution is -2.15. The number of nitro benzene ring substituents is 1. The maximum Gasteiger partial charge on any atom is 0.273 e. The van der Waals surface area contributed by atoms with Gasteiger partial charge in [-0.15, -0.1) is 0 Å². The van der Waals surface area contributed by atoms with Crippen molar-refractivity contribution >= 4 is 34.6 Å². The molecule has 2 aromatic rings. The Bertz CT molecular complexity index is 941. The number of amides is 2. The molecule has 0 aliphatic carbocycles. The lowest BCUT2D eigenvalue weighted by atomic mass is 10.0. The number of anilines is 3. The zero-order chi connectivity index (χ0) is 19.0. The van der Waals surface area contributed by atoms with Gasteiger partial charge >= 0.3 is 0 Å². The largest absolute Gasteiger partial charge is 0.496 e. The van der Waals surface area contributed by atoms with Gasteiger partial charge in [0.1, 0.15) is 5.75 Å². The molecule has 0 saturated carbocycles. The Kier molecular flexibility index (Phi) is 4.21. The van der Waals surface area contributed by atoms with Gasteiger partial charge in [-0.1, -0.05) is 0 Å². The van der Waals surface area contributed by atoms with Crippen LogP contribution in [0.25, 0.3) is 0 Å². The van der Waals surface area contributed by atoms with Gasteiger partial charge in [-0.2, -0.15) is 0 Å². The maximum atomic E-state index is 12.6. The fourth-order valence-corrected chi connectivity index (χ4v) is 2.76. The van der Waals surface area contributed by atoms with Crippen molar-refractivity contribution in [3.63, 3.8) is 0 Å². The van der Waals surface area contributed by atoms with Gasteiger partial charge in [-0.05, 0) is 30.7 Å². The van der Waals surface area contributed by atoms with Crippen LogP contribution in [0.2, 0.25) is 0 Å². The standard InChI is InChI=1S/C17H16N4O5/c1-8-11-6-14(12(18)7-13(11)19-16(8)22)20-17(23)10-4-3-9(21(24)25)5-15(10)26-2/h3-8H,18H2,1-2H3,(H,19,22)(H,20,23)/t8-/m1/s1. The van der Waals surface area contributed by atoms with Gasteiger partial charge in [-0.3, -0.25) is 19.7 Å². The monoisotopic (exact) mass is 356 g/mol. The van der Waals surface area contributed by atoms with Crippen molar-refractivity contribution in [3.05, 3.63) is 51.6 Å². The predicted octanol–water partition coefficient (Wildman–Crippen LogP) is 2.49. The van der Waals surface area contributed by atoms with Crippen LogP contribution in [-0.4, -0.2) is 23.8 Å². The Labute approximate surface area is 148 Å². The third kappa shape index (κ3) is 2.90. The third-order valence-electron chi connectivity index (χ3n) is 4.23. The first-order valence-electron chi connectivity index (χ1n) is 7.70. The van der Waals surface area contributed by atoms with Gasteiger partial charge in [0.05, 0.1) is 41.0 Å². The fraction of sp³-hybridized carbons (Fsp3) is 0.176. The van der Waals surface area contributed by atoms with E-state index in [1.165, 1.54) is 25.3 Å². The summed E-state index contributed by atoms with van der Waals surface area (Å²) >= 11 is 0. The number of ether oxygens (including phenoxy) is 1. The number of nitrogen functional groups attached to an aromatic ring is 1. The summed E-state index contributed by atoms with van der Waals surface area (Å²) in [5.74, 6) is -0.954. The Hall–Kier alpha value is -3.62. The van der Waals surface area contributed by atoms with E-state index in [-0.39, 0.29) is 34.5 Å². The number of nitrogens with one attached hydrogen (secondary N) is 2. The molecular formula is C17H16N4O5. The Morgan fingerprint density at radius 3 is 2.73 bits per heavy atom. The molecule has 134 valence electrons. The minimum Gasteiger partial charge on any atom is -0.496 e. The van der Waals surface area contributed by atoms with Crippen molar-refractivity contribution < 1.29 is 19.2 Å². The summed E-state index contributed by atoms with van der Waals surface area (Å²) < 4.78 is 5.08. The first-order valence-corrected chi connectivity index (χ1v) is 7.70. The van der Waals surface area contributed by atoms with E-state index in [1.54, 1.807) is 19.1 Å². The molecule has 0 bridgehead atoms. The quantitative estimate of drug-likeness (QED) is 0.437. The molecule has 0 saturated heterocycles. The number of carbonyl (C=O) groups is 2. The highest BCUT2D eigenvalue weighted by Crippen LogP contribution is 2.37. The lowest BCUT2D eigenvalue weighted by molar-refractivity contribution is -0.384. The molecule has 9 heteroatoms. The number of methoxy groups -OCH3 is 1. The van der Waals surface area contributed by atoms with Gasteiger partial charge in [0.15, 0.2) is 0 Å². The van der Waals surface area contributed by atoms with Crippen molar-refractivity contribution in [1.82, 2.24) is 0 Å². The van der Waals surface area contributed by atoms with Crippen LogP contribution in [0.1, 0.15) is 28.8 Å². The van der Waals surface area contributed by atoms with E-state index >= 15 is 0 Å². The number of benzene rings is 2. The van der Waals surface area contributed by atoms with Crippen LogP contribution in [0.4, 0.5) is 22.7 Å². The normalized spacial score (nSPS) is 15.2. The summed E-state index contributed by atoms with van der Waals surface area (Å²) in [6.07, 6.45) is 0. The number of nitrogens with two attached hydrogens (primary N) is 1. The first-order chi connectivity index (χ1) is 12.3. The molecule has 9 nitrogen and oxygen atoms in total. The van der Waals surface area contributed by atoms with Crippen LogP contribution in [0, 0.1) is 10.1 Å². The Morgan fingerprint density at radius 1 is 1.35 bits per heavy atom. The smallest absolute Gasteiger partial charge is 0.273 e. The molecule has 0 aromatic heterocycles. The fourth-order valence-electron chi connectivity index (χ4n) is 2.76. The minimum absolute atomic E-state index is 0.0710. The Balaban J connectivity index is 1.92. The van der Waals surface area contributed by atoms with Crippen molar-refractivity contribution in [2.75, 3.05) is 23.5 Å². The highest BCUT2D eigenvalue weighted by molar-refractivity contribution is 6.09. The summed E-state index contributed by atoms with van der Waals surface area (Å²) in [4.78, 5) is 34.6. The summed E-state index contributed by atoms with van der Waals surface area (Å²) in [5.41, 5.74) is 7.88. The van der Waals surface area contributed by atoms with Gasteiger partial charge < -0.3 is 21.1 Å². The van der Waals surface area contributed by atoms with Crippen molar-refractivity contribution in [2.24, 2.45) is 0 Å². The van der Waals surface area contributed by atoms with E-state index in [1.807, 2.05) is 0 Å². The summed E-state index contributed by atoms with van der Waals surface area (Å²) in [5, 5.41) is 16.2. The molecule has 0 spiro atoms. The highest BCUT2D eigenvalue weighted by Gasteiger charge is 2.28. The molecule has 0 unspecified atom stereocenters. The van der Waals surface area contributed by atoms with E-state index in [2.05, 4.69) is 10.6 Å². The number of rotatable bonds is 4. The number of hydrogen-bond donors (Lipinski definition) is 3. The van der Waals surface area contributed by atoms with Crippen LogP contribution < -0.4 is 21.1 Å². The van der Waals surface area contributed by atoms with E-state index in [9.17, 15) is 19.7 Å². The van der Waals surface area contributed by atoms with Gasteiger partial charge in [-0.25, -0.2) is 0 Å². The molecule has 1 atom stereocenters. The second-order valence-electron chi connectivity index (χ2n) is 5.83. The minimum atomic E-state index is -0.575. The van der Waals surface area contributed by atoms with E-state index < -0.39 is 10.8 Å². The van der Waals surface area contributed by atoms with Crippen LogP contribution in [0.5, 0.6) is 5.75 Å². The molecule has 1 aliphatic heterocycles. The molecule has 26 heavy (non-hydrogen) atoms. The number of carbonyl (C=O) groups excluding carboxylic acids is 2. The van der Waals surface area contributed by atoms with Crippen molar-refractivity contribution in [1.29, 1.82) is 0 Å².